The molecule has 0 aliphatic carbocycles. The van der Waals surface area contributed by atoms with Crippen molar-refractivity contribution in [2.45, 2.75) is 31.9 Å². The van der Waals surface area contributed by atoms with Gasteiger partial charge < -0.3 is 0 Å². The van der Waals surface area contributed by atoms with Gasteiger partial charge in [0.1, 0.15) is 0 Å². The molecule has 0 fully saturated rings. The van der Waals surface area contributed by atoms with Crippen molar-refractivity contribution in [2.75, 3.05) is 12.3 Å². The van der Waals surface area contributed by atoms with Crippen molar-refractivity contribution >= 4 is 9.73 Å². The average molecular weight is 161 g/mol. The van der Waals surface area contributed by atoms with Crippen LogP contribution in [0.2, 0.25) is 0 Å². The molecular weight excluding hydrogens is 146 g/mol. The minimum atomic E-state index is -1.84. The number of hydrogen-bond donors (Lipinski definition) is 0. The summed E-state index contributed by atoms with van der Waals surface area (Å²) < 4.78 is 15.9. The zero-order valence-corrected chi connectivity index (χ0v) is 7.70. The topological polar surface area (TPSA) is 29.4 Å². The van der Waals surface area contributed by atoms with Gasteiger partial charge >= 0.3 is 0 Å². The zero-order chi connectivity index (χ0) is 7.83. The molecule has 0 unspecified atom stereocenters. The minimum absolute atomic E-state index is 0.122. The van der Waals surface area contributed by atoms with Crippen molar-refractivity contribution in [3.05, 3.63) is 0 Å². The Hall–Kier alpha value is -0.0500. The third kappa shape index (κ3) is 1.19. The summed E-state index contributed by atoms with van der Waals surface area (Å²) in [6.07, 6.45) is 1.01. The molecule has 3 heteroatoms. The van der Waals surface area contributed by atoms with E-state index in [4.69, 9.17) is 0 Å². The smallest absolute Gasteiger partial charge is 0.0518 e. The van der Waals surface area contributed by atoms with Crippen LogP contribution in [-0.2, 0) is 9.73 Å². The maximum atomic E-state index is 11.8. The SMILES string of the molecule is CC(C)(C)[S@@]1(=O)=NCCC1. The fourth-order valence-corrected chi connectivity index (χ4v) is 3.11. The molecule has 0 N–H and O–H groups in total. The Morgan fingerprint density at radius 3 is 2.20 bits per heavy atom. The van der Waals surface area contributed by atoms with E-state index < -0.39 is 9.73 Å². The van der Waals surface area contributed by atoms with Gasteiger partial charge in [0.25, 0.3) is 0 Å². The summed E-state index contributed by atoms with van der Waals surface area (Å²) in [7, 11) is -1.84. The fraction of sp³-hybridized carbons (Fsp3) is 1.00. The predicted octanol–water partition coefficient (Wildman–Crippen LogP) is 1.66. The van der Waals surface area contributed by atoms with Crippen LogP contribution in [0, 0.1) is 0 Å². The predicted molar refractivity (Wildman–Crippen MR) is 44.7 cm³/mol. The molecule has 0 aromatic heterocycles. The Morgan fingerprint density at radius 2 is 2.00 bits per heavy atom. The molecule has 0 amide bonds. The minimum Gasteiger partial charge on any atom is -0.249 e. The molecule has 1 aliphatic rings. The summed E-state index contributed by atoms with van der Waals surface area (Å²) in [6, 6.07) is 0. The van der Waals surface area contributed by atoms with Crippen molar-refractivity contribution in [3.63, 3.8) is 0 Å². The van der Waals surface area contributed by atoms with Gasteiger partial charge in [-0.2, -0.15) is 0 Å². The average Bonchev–Trinajstić information content (AvgIpc) is 2.13. The van der Waals surface area contributed by atoms with Crippen LogP contribution in [0.4, 0.5) is 0 Å². The maximum Gasteiger partial charge on any atom is 0.0518 e. The third-order valence-corrected chi connectivity index (χ3v) is 5.19. The van der Waals surface area contributed by atoms with Gasteiger partial charge in [-0.05, 0) is 27.2 Å². The van der Waals surface area contributed by atoms with Crippen LogP contribution in [-0.4, -0.2) is 21.3 Å². The van der Waals surface area contributed by atoms with Gasteiger partial charge in [0.2, 0.25) is 0 Å². The largest absolute Gasteiger partial charge is 0.249 e. The van der Waals surface area contributed by atoms with E-state index in [1.54, 1.807) is 0 Å². The first-order valence-corrected chi connectivity index (χ1v) is 5.34. The third-order valence-electron chi connectivity index (χ3n) is 1.84. The highest BCUT2D eigenvalue weighted by atomic mass is 32.2. The Labute approximate surface area is 63.2 Å². The van der Waals surface area contributed by atoms with Crippen LogP contribution in [0.5, 0.6) is 0 Å². The zero-order valence-electron chi connectivity index (χ0n) is 6.89. The second-order valence-corrected chi connectivity index (χ2v) is 6.84. The molecule has 1 aliphatic heterocycles. The standard InChI is InChI=1S/C7H15NOS/c1-7(2,3)10(9)6-4-5-8-10/h4-6H2,1-3H3/t10-/m1/s1. The van der Waals surface area contributed by atoms with E-state index in [0.717, 1.165) is 18.7 Å². The monoisotopic (exact) mass is 161 g/mol. The Balaban J connectivity index is 3.00. The van der Waals surface area contributed by atoms with Crippen molar-refractivity contribution in [1.82, 2.24) is 0 Å². The molecule has 0 saturated carbocycles. The molecule has 1 heterocycles. The number of nitrogens with zero attached hydrogens (tertiary/aromatic N) is 1. The van der Waals surface area contributed by atoms with Gasteiger partial charge in [0.15, 0.2) is 0 Å². The Morgan fingerprint density at radius 1 is 1.40 bits per heavy atom. The molecule has 60 valence electrons. The lowest BCUT2D eigenvalue weighted by Crippen LogP contribution is -2.27. The lowest BCUT2D eigenvalue weighted by atomic mass is 10.3. The van der Waals surface area contributed by atoms with Crippen LogP contribution in [0.3, 0.4) is 0 Å². The van der Waals surface area contributed by atoms with Crippen molar-refractivity contribution < 1.29 is 4.21 Å². The molecule has 10 heavy (non-hydrogen) atoms. The summed E-state index contributed by atoms with van der Waals surface area (Å²) in [6.45, 7) is 6.81. The van der Waals surface area contributed by atoms with E-state index in [0.29, 0.717) is 0 Å². The first-order chi connectivity index (χ1) is 4.46. The fourth-order valence-electron chi connectivity index (χ4n) is 1.04. The highest BCUT2D eigenvalue weighted by Gasteiger charge is 2.28. The van der Waals surface area contributed by atoms with Crippen LogP contribution in [0.15, 0.2) is 4.36 Å². The molecule has 1 rings (SSSR count). The molecule has 0 bridgehead atoms. The summed E-state index contributed by atoms with van der Waals surface area (Å²) in [5, 5.41) is 0. The van der Waals surface area contributed by atoms with Crippen LogP contribution >= 0.6 is 0 Å². The summed E-state index contributed by atoms with van der Waals surface area (Å²) >= 11 is 0. The highest BCUT2D eigenvalue weighted by molar-refractivity contribution is 7.95. The van der Waals surface area contributed by atoms with Crippen molar-refractivity contribution in [1.29, 1.82) is 0 Å². The van der Waals surface area contributed by atoms with E-state index in [1.165, 1.54) is 0 Å². The number of hydrogen-bond acceptors (Lipinski definition) is 2. The van der Waals surface area contributed by atoms with Crippen molar-refractivity contribution in [3.8, 4) is 0 Å². The normalized spacial score (nSPS) is 33.9. The summed E-state index contributed by atoms with van der Waals surface area (Å²) in [5.41, 5.74) is 0. The Kier molecular flexibility index (Phi) is 1.79. The van der Waals surface area contributed by atoms with Gasteiger partial charge in [0.05, 0.1) is 9.73 Å². The van der Waals surface area contributed by atoms with Gasteiger partial charge in [-0.15, -0.1) is 0 Å². The number of rotatable bonds is 0. The molecule has 0 radical (unpaired) electrons. The highest BCUT2D eigenvalue weighted by Crippen LogP contribution is 2.23. The van der Waals surface area contributed by atoms with Gasteiger partial charge in [-0.25, -0.2) is 8.57 Å². The molecule has 2 nitrogen and oxygen atoms in total. The summed E-state index contributed by atoms with van der Waals surface area (Å²) in [5.74, 6) is 0.802. The second-order valence-electron chi connectivity index (χ2n) is 3.66. The van der Waals surface area contributed by atoms with Crippen LogP contribution < -0.4 is 0 Å². The van der Waals surface area contributed by atoms with E-state index in [1.807, 2.05) is 20.8 Å². The second kappa shape index (κ2) is 2.22. The first kappa shape index (κ1) is 8.05. The van der Waals surface area contributed by atoms with Crippen LogP contribution in [0.25, 0.3) is 0 Å². The molecule has 0 aromatic rings. The quantitative estimate of drug-likeness (QED) is 0.531. The summed E-state index contributed by atoms with van der Waals surface area (Å²) in [4.78, 5) is 0. The molecule has 0 spiro atoms. The van der Waals surface area contributed by atoms with E-state index in [-0.39, 0.29) is 4.75 Å². The molecule has 1 atom stereocenters. The lowest BCUT2D eigenvalue weighted by Gasteiger charge is -2.20. The first-order valence-electron chi connectivity index (χ1n) is 3.66. The molecule has 0 aromatic carbocycles. The van der Waals surface area contributed by atoms with E-state index >= 15 is 0 Å². The Bertz CT molecular complexity index is 230. The molecular formula is C7H15NOS. The lowest BCUT2D eigenvalue weighted by molar-refractivity contribution is 0.643. The van der Waals surface area contributed by atoms with Gasteiger partial charge in [-0.3, -0.25) is 0 Å². The van der Waals surface area contributed by atoms with E-state index in [2.05, 4.69) is 4.36 Å². The van der Waals surface area contributed by atoms with Crippen LogP contribution in [0.1, 0.15) is 27.2 Å². The maximum absolute atomic E-state index is 11.8. The van der Waals surface area contributed by atoms with E-state index in [9.17, 15) is 4.21 Å². The van der Waals surface area contributed by atoms with Gasteiger partial charge in [-0.1, -0.05) is 0 Å². The van der Waals surface area contributed by atoms with Gasteiger partial charge in [0, 0.05) is 17.0 Å². The molecule has 0 saturated heterocycles. The van der Waals surface area contributed by atoms with Crippen molar-refractivity contribution in [2.24, 2.45) is 4.36 Å².